The fourth-order valence-corrected chi connectivity index (χ4v) is 4.88. The normalized spacial score (nSPS) is 23.5. The maximum Gasteiger partial charge on any atom is 0.347 e. The molecular weight excluding hydrogens is 598 g/mol. The summed E-state index contributed by atoms with van der Waals surface area (Å²) in [6.45, 7) is 7.25. The fraction of sp³-hybridized carbons (Fsp3) is 0.441. The molecule has 10 nitrogen and oxygen atoms in total. The van der Waals surface area contributed by atoms with Gasteiger partial charge >= 0.3 is 11.9 Å². The highest BCUT2D eigenvalue weighted by Gasteiger charge is 2.31. The number of hydrogen-bond donors (Lipinski definition) is 2. The first-order valence-corrected chi connectivity index (χ1v) is 15.4. The van der Waals surface area contributed by atoms with Crippen LogP contribution in [0.4, 0.5) is 0 Å². The molecule has 1 aliphatic heterocycles. The van der Waals surface area contributed by atoms with E-state index < -0.39 is 47.9 Å². The van der Waals surface area contributed by atoms with Gasteiger partial charge in [0.25, 0.3) is 0 Å². The molecule has 0 radical (unpaired) electrons. The number of benzene rings is 1. The number of rotatable bonds is 8. The summed E-state index contributed by atoms with van der Waals surface area (Å²) in [6, 6.07) is 7.86. The van der Waals surface area contributed by atoms with Crippen molar-refractivity contribution in [3.05, 3.63) is 77.1 Å². The molecule has 1 aliphatic rings. The minimum atomic E-state index is -1.12. The van der Waals surface area contributed by atoms with Gasteiger partial charge in [0.15, 0.2) is 6.10 Å². The molecule has 1 aromatic carbocycles. The number of carbonyl (C=O) groups is 4. The van der Waals surface area contributed by atoms with E-state index in [2.05, 4.69) is 15.6 Å². The molecule has 2 N–H and O–H groups in total. The first-order chi connectivity index (χ1) is 21.5. The second kappa shape index (κ2) is 17.3. The lowest BCUT2D eigenvalue weighted by Gasteiger charge is -2.26. The first-order valence-electron chi connectivity index (χ1n) is 15.0. The third-order valence-electron chi connectivity index (χ3n) is 7.25. The van der Waals surface area contributed by atoms with E-state index in [-0.39, 0.29) is 37.6 Å². The summed E-state index contributed by atoms with van der Waals surface area (Å²) in [5, 5.41) is 5.84. The monoisotopic (exact) mass is 639 g/mol. The Morgan fingerprint density at radius 2 is 1.89 bits per heavy atom. The zero-order chi connectivity index (χ0) is 32.9. The molecule has 11 heteroatoms. The molecule has 2 amide bonds. The van der Waals surface area contributed by atoms with E-state index in [0.717, 1.165) is 5.56 Å². The van der Waals surface area contributed by atoms with Gasteiger partial charge in [-0.2, -0.15) is 0 Å². The molecule has 2 aromatic rings. The van der Waals surface area contributed by atoms with Gasteiger partial charge in [-0.1, -0.05) is 69.7 Å². The third-order valence-corrected chi connectivity index (χ3v) is 7.54. The minimum absolute atomic E-state index is 0.0353. The average Bonchev–Trinajstić information content (AvgIpc) is 3.01. The van der Waals surface area contributed by atoms with Crippen molar-refractivity contribution in [1.82, 2.24) is 15.6 Å². The Hall–Kier alpha value is -4.18. The maximum absolute atomic E-state index is 13.4. The Balaban J connectivity index is 1.89. The summed E-state index contributed by atoms with van der Waals surface area (Å²) in [5.74, 6) is -2.82. The van der Waals surface area contributed by atoms with E-state index in [9.17, 15) is 19.2 Å². The fourth-order valence-electron chi connectivity index (χ4n) is 4.60. The molecule has 0 spiro atoms. The Labute approximate surface area is 269 Å². The van der Waals surface area contributed by atoms with Crippen LogP contribution in [0.25, 0.3) is 6.08 Å². The lowest BCUT2D eigenvalue weighted by atomic mass is 9.99. The molecule has 0 saturated heterocycles. The Kier molecular flexibility index (Phi) is 13.6. The smallest absolute Gasteiger partial charge is 0.347 e. The zero-order valence-corrected chi connectivity index (χ0v) is 27.1. The van der Waals surface area contributed by atoms with Crippen molar-refractivity contribution in [2.45, 2.75) is 65.2 Å². The second-order valence-electron chi connectivity index (χ2n) is 11.6. The van der Waals surface area contributed by atoms with Gasteiger partial charge in [-0.05, 0) is 47.7 Å². The van der Waals surface area contributed by atoms with Gasteiger partial charge in [-0.3, -0.25) is 19.4 Å². The van der Waals surface area contributed by atoms with Crippen LogP contribution in [0.15, 0.2) is 61.0 Å². The van der Waals surface area contributed by atoms with Crippen LogP contribution in [0, 0.1) is 17.8 Å². The third kappa shape index (κ3) is 11.4. The minimum Gasteiger partial charge on any atom is -0.495 e. The van der Waals surface area contributed by atoms with Crippen molar-refractivity contribution >= 4 is 41.4 Å². The standard InChI is InChI=1S/C34H42ClN3O7/c1-21(2)16-30-34(42)44-28(22(3)11-12-24-8-7-15-36-20-24)9-6-10-31(39)38-27(32(40)37-19-23(4)33(41)45-30)18-25-13-14-29(43-5)26(35)17-25/h6-8,10-15,17,20-23,27-28,30H,9,16,18-19H2,1-5H3,(H,37,40)(H,38,39)/b10-6+,12-11?/t22?,23-,27-,28+,30+/m1/s1. The molecule has 1 unspecified atom stereocenters. The van der Waals surface area contributed by atoms with Gasteiger partial charge in [0.2, 0.25) is 11.8 Å². The number of pyridine rings is 1. The van der Waals surface area contributed by atoms with Crippen LogP contribution in [-0.2, 0) is 35.1 Å². The summed E-state index contributed by atoms with van der Waals surface area (Å²) >= 11 is 6.29. The number of halogens is 1. The number of hydrogen-bond acceptors (Lipinski definition) is 8. The van der Waals surface area contributed by atoms with E-state index >= 15 is 0 Å². The molecule has 0 saturated carbocycles. The van der Waals surface area contributed by atoms with Crippen LogP contribution in [-0.4, -0.2) is 60.6 Å². The number of methoxy groups -OCH3 is 1. The second-order valence-corrected chi connectivity index (χ2v) is 12.0. The lowest BCUT2D eigenvalue weighted by Crippen LogP contribution is -2.49. The first kappa shape index (κ1) is 35.3. The Bertz CT molecular complexity index is 1380. The highest BCUT2D eigenvalue weighted by atomic mass is 35.5. The SMILES string of the molecule is COc1ccc(C[C@H]2NC(=O)/C=C/C[C@@H](C(C)C=Cc3cccnc3)OC(=O)[C@H](CC(C)C)OC(=O)[C@H](C)CNC2=O)cc1Cl. The molecule has 1 aromatic heterocycles. The number of nitrogens with zero attached hydrogens (tertiary/aromatic N) is 1. The van der Waals surface area contributed by atoms with Crippen molar-refractivity contribution in [2.24, 2.45) is 17.8 Å². The molecule has 2 heterocycles. The molecular formula is C34H42ClN3O7. The van der Waals surface area contributed by atoms with Gasteiger partial charge in [0, 0.05) is 37.7 Å². The number of ether oxygens (including phenoxy) is 3. The lowest BCUT2D eigenvalue weighted by molar-refractivity contribution is -0.175. The molecule has 5 atom stereocenters. The summed E-state index contributed by atoms with van der Waals surface area (Å²) in [4.78, 5) is 56.8. The van der Waals surface area contributed by atoms with Crippen LogP contribution in [0.1, 0.15) is 51.7 Å². The number of cyclic esters (lactones) is 2. The van der Waals surface area contributed by atoms with Gasteiger partial charge < -0.3 is 24.8 Å². The summed E-state index contributed by atoms with van der Waals surface area (Å²) < 4.78 is 16.8. The maximum atomic E-state index is 13.4. The number of carbonyl (C=O) groups excluding carboxylic acids is 4. The molecule has 0 fully saturated rings. The van der Waals surface area contributed by atoms with Crippen LogP contribution in [0.5, 0.6) is 5.75 Å². The van der Waals surface area contributed by atoms with E-state index in [4.69, 9.17) is 25.8 Å². The van der Waals surface area contributed by atoms with E-state index in [1.165, 1.54) is 13.2 Å². The summed E-state index contributed by atoms with van der Waals surface area (Å²) in [5.41, 5.74) is 1.58. The molecule has 242 valence electrons. The van der Waals surface area contributed by atoms with Crippen molar-refractivity contribution in [1.29, 1.82) is 0 Å². The number of aromatic nitrogens is 1. The van der Waals surface area contributed by atoms with Crippen molar-refractivity contribution in [2.75, 3.05) is 13.7 Å². The largest absolute Gasteiger partial charge is 0.495 e. The van der Waals surface area contributed by atoms with Crippen LogP contribution in [0.2, 0.25) is 5.02 Å². The van der Waals surface area contributed by atoms with Crippen LogP contribution >= 0.6 is 11.6 Å². The van der Waals surface area contributed by atoms with Crippen LogP contribution in [0.3, 0.4) is 0 Å². The van der Waals surface area contributed by atoms with Crippen LogP contribution < -0.4 is 15.4 Å². The van der Waals surface area contributed by atoms with Crippen molar-refractivity contribution in [3.63, 3.8) is 0 Å². The zero-order valence-electron chi connectivity index (χ0n) is 26.3. The number of amides is 2. The topological polar surface area (TPSA) is 133 Å². The van der Waals surface area contributed by atoms with E-state index in [1.807, 2.05) is 45.1 Å². The number of nitrogens with one attached hydrogen (secondary N) is 2. The summed E-state index contributed by atoms with van der Waals surface area (Å²) in [6.07, 6.45) is 8.88. The molecule has 45 heavy (non-hydrogen) atoms. The van der Waals surface area contributed by atoms with Gasteiger partial charge in [-0.25, -0.2) is 4.79 Å². The Morgan fingerprint density at radius 1 is 1.11 bits per heavy atom. The highest BCUT2D eigenvalue weighted by Crippen LogP contribution is 2.26. The molecule has 0 aliphatic carbocycles. The van der Waals surface area contributed by atoms with E-state index in [0.29, 0.717) is 16.3 Å². The number of esters is 2. The van der Waals surface area contributed by atoms with Gasteiger partial charge in [-0.15, -0.1) is 0 Å². The summed E-state index contributed by atoms with van der Waals surface area (Å²) in [7, 11) is 1.50. The molecule has 0 bridgehead atoms. The predicted molar refractivity (Wildman–Crippen MR) is 171 cm³/mol. The average molecular weight is 640 g/mol. The molecule has 3 rings (SSSR count). The van der Waals surface area contributed by atoms with Crippen molar-refractivity contribution < 1.29 is 33.4 Å². The van der Waals surface area contributed by atoms with Gasteiger partial charge in [0.05, 0.1) is 18.1 Å². The predicted octanol–water partition coefficient (Wildman–Crippen LogP) is 4.70. The quantitative estimate of drug-likeness (QED) is 0.397. The van der Waals surface area contributed by atoms with Gasteiger partial charge in [0.1, 0.15) is 17.9 Å². The highest BCUT2D eigenvalue weighted by molar-refractivity contribution is 6.32. The van der Waals surface area contributed by atoms with Crippen molar-refractivity contribution in [3.8, 4) is 5.75 Å². The Morgan fingerprint density at radius 3 is 2.56 bits per heavy atom. The van der Waals surface area contributed by atoms with E-state index in [1.54, 1.807) is 43.6 Å².